The van der Waals surface area contributed by atoms with E-state index in [0.717, 1.165) is 6.20 Å². The fourth-order valence-electron chi connectivity index (χ4n) is 1.18. The topological polar surface area (TPSA) is 111 Å². The molecule has 0 aliphatic carbocycles. The van der Waals surface area contributed by atoms with Crippen molar-refractivity contribution in [3.63, 3.8) is 0 Å². The van der Waals surface area contributed by atoms with Crippen LogP contribution in [0, 0.1) is 10.1 Å². The zero-order valence-electron chi connectivity index (χ0n) is 8.13. The summed E-state index contributed by atoms with van der Waals surface area (Å²) >= 11 is 0. The van der Waals surface area contributed by atoms with E-state index in [4.69, 9.17) is 0 Å². The van der Waals surface area contributed by atoms with E-state index < -0.39 is 10.9 Å². The zero-order valence-corrected chi connectivity index (χ0v) is 8.13. The SMILES string of the molecule is COC(=O)c1nc2ncc([N+](=O)[O-])cc2[nH]1. The number of aromatic nitrogens is 3. The molecule has 2 aromatic heterocycles. The van der Waals surface area contributed by atoms with Crippen LogP contribution >= 0.6 is 0 Å². The number of H-pyrrole nitrogens is 1. The molecule has 0 amide bonds. The zero-order chi connectivity index (χ0) is 11.7. The first-order valence-electron chi connectivity index (χ1n) is 4.20. The first-order valence-corrected chi connectivity index (χ1v) is 4.20. The first-order chi connectivity index (χ1) is 7.61. The predicted octanol–water partition coefficient (Wildman–Crippen LogP) is 0.653. The van der Waals surface area contributed by atoms with Crippen molar-refractivity contribution in [1.82, 2.24) is 15.0 Å². The van der Waals surface area contributed by atoms with Crippen LogP contribution in [0.4, 0.5) is 5.69 Å². The molecule has 16 heavy (non-hydrogen) atoms. The number of hydrogen-bond donors (Lipinski definition) is 1. The predicted molar refractivity (Wildman–Crippen MR) is 51.9 cm³/mol. The van der Waals surface area contributed by atoms with Crippen LogP contribution in [0.3, 0.4) is 0 Å². The highest BCUT2D eigenvalue weighted by atomic mass is 16.6. The third-order valence-electron chi connectivity index (χ3n) is 1.91. The third-order valence-corrected chi connectivity index (χ3v) is 1.91. The van der Waals surface area contributed by atoms with Gasteiger partial charge in [-0.15, -0.1) is 0 Å². The Bertz CT molecular complexity index is 576. The molecule has 82 valence electrons. The van der Waals surface area contributed by atoms with Gasteiger partial charge in [0.2, 0.25) is 5.82 Å². The number of methoxy groups -OCH3 is 1. The Balaban J connectivity index is 2.54. The number of carbonyl (C=O) groups excluding carboxylic acids is 1. The summed E-state index contributed by atoms with van der Waals surface area (Å²) in [6.45, 7) is 0. The number of hydrogen-bond acceptors (Lipinski definition) is 6. The summed E-state index contributed by atoms with van der Waals surface area (Å²) in [5, 5.41) is 10.5. The molecule has 0 aliphatic heterocycles. The van der Waals surface area contributed by atoms with Crippen molar-refractivity contribution in [2.24, 2.45) is 0 Å². The first kappa shape index (κ1) is 10.0. The van der Waals surface area contributed by atoms with Gasteiger partial charge in [0.25, 0.3) is 5.69 Å². The van der Waals surface area contributed by atoms with Gasteiger partial charge in [-0.25, -0.2) is 14.8 Å². The van der Waals surface area contributed by atoms with Crippen LogP contribution in [0.15, 0.2) is 12.3 Å². The molecule has 2 rings (SSSR count). The fourth-order valence-corrected chi connectivity index (χ4v) is 1.18. The van der Waals surface area contributed by atoms with Crippen LogP contribution in [0.25, 0.3) is 11.2 Å². The Morgan fingerprint density at radius 3 is 3.00 bits per heavy atom. The maximum atomic E-state index is 11.1. The molecule has 0 radical (unpaired) electrons. The second-order valence-electron chi connectivity index (χ2n) is 2.90. The highest BCUT2D eigenvalue weighted by Crippen LogP contribution is 2.16. The van der Waals surface area contributed by atoms with Crippen molar-refractivity contribution in [3.05, 3.63) is 28.2 Å². The molecule has 0 unspecified atom stereocenters. The van der Waals surface area contributed by atoms with Crippen LogP contribution in [-0.4, -0.2) is 33.0 Å². The number of aromatic amines is 1. The summed E-state index contributed by atoms with van der Waals surface area (Å²) in [6.07, 6.45) is 1.07. The standard InChI is InChI=1S/C8H6N4O4/c1-16-8(13)7-10-5-2-4(12(14)15)3-9-6(5)11-7/h2-3H,1H3,(H,9,10,11). The molecule has 0 aliphatic rings. The maximum absolute atomic E-state index is 11.1. The number of pyridine rings is 1. The average molecular weight is 222 g/mol. The van der Waals surface area contributed by atoms with Crippen LogP contribution < -0.4 is 0 Å². The summed E-state index contributed by atoms with van der Waals surface area (Å²) in [7, 11) is 1.21. The van der Waals surface area contributed by atoms with Gasteiger partial charge in [-0.2, -0.15) is 0 Å². The molecule has 0 saturated heterocycles. The number of nitro groups is 1. The second-order valence-corrected chi connectivity index (χ2v) is 2.90. The summed E-state index contributed by atoms with van der Waals surface area (Å²) in [6, 6.07) is 1.25. The Morgan fingerprint density at radius 1 is 1.62 bits per heavy atom. The van der Waals surface area contributed by atoms with Crippen molar-refractivity contribution in [2.45, 2.75) is 0 Å². The highest BCUT2D eigenvalue weighted by molar-refractivity contribution is 5.89. The molecule has 2 heterocycles. The van der Waals surface area contributed by atoms with Gasteiger partial charge >= 0.3 is 5.97 Å². The number of nitrogens with zero attached hydrogens (tertiary/aromatic N) is 3. The lowest BCUT2D eigenvalue weighted by Gasteiger charge is -1.90. The fraction of sp³-hybridized carbons (Fsp3) is 0.125. The van der Waals surface area contributed by atoms with Crippen molar-refractivity contribution >= 4 is 22.8 Å². The van der Waals surface area contributed by atoms with E-state index in [0.29, 0.717) is 5.52 Å². The molecule has 8 nitrogen and oxygen atoms in total. The van der Waals surface area contributed by atoms with E-state index in [9.17, 15) is 14.9 Å². The van der Waals surface area contributed by atoms with Gasteiger partial charge in [0, 0.05) is 6.07 Å². The second kappa shape index (κ2) is 3.57. The van der Waals surface area contributed by atoms with E-state index in [2.05, 4.69) is 19.7 Å². The molecule has 0 saturated carbocycles. The number of imidazole rings is 1. The Hall–Kier alpha value is -2.51. The van der Waals surface area contributed by atoms with Gasteiger partial charge in [-0.1, -0.05) is 0 Å². The van der Waals surface area contributed by atoms with Gasteiger partial charge in [-0.3, -0.25) is 10.1 Å². The van der Waals surface area contributed by atoms with Crippen molar-refractivity contribution < 1.29 is 14.5 Å². The molecule has 1 N–H and O–H groups in total. The Morgan fingerprint density at radius 2 is 2.38 bits per heavy atom. The molecule has 0 atom stereocenters. The van der Waals surface area contributed by atoms with Crippen molar-refractivity contribution in [2.75, 3.05) is 7.11 Å². The number of fused-ring (bicyclic) bond motifs is 1. The molecular formula is C8H6N4O4. The lowest BCUT2D eigenvalue weighted by molar-refractivity contribution is -0.385. The van der Waals surface area contributed by atoms with E-state index in [1.54, 1.807) is 0 Å². The largest absolute Gasteiger partial charge is 0.463 e. The number of rotatable bonds is 2. The number of ether oxygens (including phenoxy) is 1. The molecule has 0 fully saturated rings. The van der Waals surface area contributed by atoms with Crippen LogP contribution in [0.2, 0.25) is 0 Å². The van der Waals surface area contributed by atoms with Gasteiger partial charge in [0.05, 0.1) is 17.5 Å². The number of carbonyl (C=O) groups is 1. The minimum atomic E-state index is -0.652. The summed E-state index contributed by atoms with van der Waals surface area (Å²) < 4.78 is 4.45. The monoisotopic (exact) mass is 222 g/mol. The minimum Gasteiger partial charge on any atom is -0.463 e. The van der Waals surface area contributed by atoms with Crippen LogP contribution in [0.5, 0.6) is 0 Å². The van der Waals surface area contributed by atoms with Gasteiger partial charge in [0.1, 0.15) is 6.20 Å². The highest BCUT2D eigenvalue weighted by Gasteiger charge is 2.15. The normalized spacial score (nSPS) is 10.3. The molecule has 0 spiro atoms. The summed E-state index contributed by atoms with van der Waals surface area (Å²) in [5.41, 5.74) is 0.369. The van der Waals surface area contributed by atoms with E-state index >= 15 is 0 Å². The number of esters is 1. The lowest BCUT2D eigenvalue weighted by atomic mass is 10.4. The summed E-state index contributed by atoms with van der Waals surface area (Å²) in [4.78, 5) is 31.2. The molecule has 0 bridgehead atoms. The van der Waals surface area contributed by atoms with Crippen LogP contribution in [0.1, 0.15) is 10.6 Å². The van der Waals surface area contributed by atoms with Crippen molar-refractivity contribution in [3.8, 4) is 0 Å². The molecule has 8 heteroatoms. The van der Waals surface area contributed by atoms with Gasteiger partial charge < -0.3 is 9.72 Å². The summed E-state index contributed by atoms with van der Waals surface area (Å²) in [5.74, 6) is -0.689. The minimum absolute atomic E-state index is 0.0366. The van der Waals surface area contributed by atoms with E-state index in [-0.39, 0.29) is 17.2 Å². The average Bonchev–Trinajstić information content (AvgIpc) is 2.70. The molecule has 0 aromatic carbocycles. The number of nitrogens with one attached hydrogen (secondary N) is 1. The smallest absolute Gasteiger partial charge is 0.374 e. The molecule has 2 aromatic rings. The van der Waals surface area contributed by atoms with Gasteiger partial charge in [0.15, 0.2) is 5.65 Å². The quantitative estimate of drug-likeness (QED) is 0.453. The third kappa shape index (κ3) is 1.56. The van der Waals surface area contributed by atoms with E-state index in [1.165, 1.54) is 13.2 Å². The Kier molecular flexibility index (Phi) is 2.24. The Labute approximate surface area is 88.4 Å². The van der Waals surface area contributed by atoms with Crippen molar-refractivity contribution in [1.29, 1.82) is 0 Å². The van der Waals surface area contributed by atoms with Gasteiger partial charge in [-0.05, 0) is 0 Å². The van der Waals surface area contributed by atoms with E-state index in [1.807, 2.05) is 0 Å². The molecular weight excluding hydrogens is 216 g/mol. The van der Waals surface area contributed by atoms with Crippen LogP contribution in [-0.2, 0) is 4.74 Å². The maximum Gasteiger partial charge on any atom is 0.374 e. The lowest BCUT2D eigenvalue weighted by Crippen LogP contribution is -2.02.